The van der Waals surface area contributed by atoms with Gasteiger partial charge in [-0.3, -0.25) is 9.59 Å². The molecule has 2 saturated heterocycles. The maximum atomic E-state index is 13.3. The van der Waals surface area contributed by atoms with Gasteiger partial charge >= 0.3 is 6.18 Å². The Labute approximate surface area is 219 Å². The molecule has 0 unspecified atom stereocenters. The number of alkyl halides is 3. The van der Waals surface area contributed by atoms with Crippen molar-refractivity contribution in [2.75, 3.05) is 19.6 Å². The molecule has 0 bridgehead atoms. The Kier molecular flexibility index (Phi) is 7.80. The summed E-state index contributed by atoms with van der Waals surface area (Å²) in [6, 6.07) is 10.9. The van der Waals surface area contributed by atoms with Gasteiger partial charge in [-0.05, 0) is 55.2 Å². The van der Waals surface area contributed by atoms with E-state index in [2.05, 4.69) is 5.32 Å². The fraction of sp³-hybridized carbons (Fsp3) is 0.423. The summed E-state index contributed by atoms with van der Waals surface area (Å²) in [6.45, 7) is 2.30. The summed E-state index contributed by atoms with van der Waals surface area (Å²) >= 11 is 0. The monoisotopic (exact) mass is 548 g/mol. The van der Waals surface area contributed by atoms with E-state index < -0.39 is 45.7 Å². The molecule has 0 radical (unpaired) electrons. The number of halogens is 3. The third kappa shape index (κ3) is 5.54. The minimum absolute atomic E-state index is 0.0618. The van der Waals surface area contributed by atoms with Crippen molar-refractivity contribution in [3.8, 4) is 6.07 Å². The molecule has 2 heterocycles. The molecule has 2 aromatic rings. The normalized spacial score (nSPS) is 19.4. The molecule has 0 aliphatic carbocycles. The van der Waals surface area contributed by atoms with Gasteiger partial charge in [-0.15, -0.1) is 0 Å². The molecule has 2 amide bonds. The molecular formula is C26H27F3N4O4S. The van der Waals surface area contributed by atoms with Crippen LogP contribution in [-0.4, -0.2) is 55.1 Å². The second-order valence-corrected chi connectivity index (χ2v) is 11.4. The fourth-order valence-electron chi connectivity index (χ4n) is 4.70. The van der Waals surface area contributed by atoms with Crippen LogP contribution in [-0.2, 0) is 21.0 Å². The number of rotatable bonds is 7. The summed E-state index contributed by atoms with van der Waals surface area (Å²) in [7, 11) is -3.86. The zero-order valence-corrected chi connectivity index (χ0v) is 21.4. The Morgan fingerprint density at radius 3 is 2.45 bits per heavy atom. The number of nitrogens with zero attached hydrogens (tertiary/aromatic N) is 3. The lowest BCUT2D eigenvalue weighted by Crippen LogP contribution is -2.49. The van der Waals surface area contributed by atoms with E-state index in [9.17, 15) is 31.2 Å². The summed E-state index contributed by atoms with van der Waals surface area (Å²) in [4.78, 5) is 27.8. The molecule has 2 aliphatic rings. The Bertz CT molecular complexity index is 1350. The second-order valence-electron chi connectivity index (χ2n) is 9.42. The van der Waals surface area contributed by atoms with Crippen molar-refractivity contribution in [3.63, 3.8) is 0 Å². The molecule has 12 heteroatoms. The van der Waals surface area contributed by atoms with E-state index in [1.165, 1.54) is 45.6 Å². The topological polar surface area (TPSA) is 111 Å². The van der Waals surface area contributed by atoms with Crippen molar-refractivity contribution in [3.05, 3.63) is 65.2 Å². The van der Waals surface area contributed by atoms with E-state index in [1.54, 1.807) is 6.92 Å². The number of hydrogen-bond acceptors (Lipinski definition) is 5. The zero-order chi connectivity index (χ0) is 27.7. The number of carbonyl (C=O) groups is 2. The lowest BCUT2D eigenvalue weighted by atomic mass is 10.0. The summed E-state index contributed by atoms with van der Waals surface area (Å²) < 4.78 is 65.6. The van der Waals surface area contributed by atoms with Gasteiger partial charge in [-0.2, -0.15) is 22.7 Å². The van der Waals surface area contributed by atoms with Gasteiger partial charge in [0.15, 0.2) is 0 Å². The van der Waals surface area contributed by atoms with Crippen molar-refractivity contribution < 1.29 is 31.2 Å². The van der Waals surface area contributed by atoms with Crippen LogP contribution < -0.4 is 5.32 Å². The van der Waals surface area contributed by atoms with Gasteiger partial charge in [0, 0.05) is 25.2 Å². The van der Waals surface area contributed by atoms with Crippen LogP contribution in [0.5, 0.6) is 0 Å². The van der Waals surface area contributed by atoms with E-state index in [0.29, 0.717) is 31.4 Å². The average molecular weight is 549 g/mol. The fourth-order valence-corrected chi connectivity index (χ4v) is 6.27. The molecular weight excluding hydrogens is 521 g/mol. The molecule has 38 heavy (non-hydrogen) atoms. The maximum absolute atomic E-state index is 13.3. The van der Waals surface area contributed by atoms with Gasteiger partial charge in [-0.25, -0.2) is 8.42 Å². The Morgan fingerprint density at radius 2 is 1.84 bits per heavy atom. The lowest BCUT2D eigenvalue weighted by molar-refractivity contribution is -0.137. The SMILES string of the molecule is CC[C@H](NC(=O)[C@H]1CCCN1C(=O)c1cccc(S(=O)(=O)N2CC(C#N)C2)c1)c1ccc(C(F)(F)F)cc1. The minimum atomic E-state index is -4.46. The van der Waals surface area contributed by atoms with Gasteiger partial charge in [0.1, 0.15) is 6.04 Å². The van der Waals surface area contributed by atoms with Crippen molar-refractivity contribution in [1.29, 1.82) is 5.26 Å². The molecule has 0 saturated carbocycles. The van der Waals surface area contributed by atoms with E-state index in [-0.39, 0.29) is 29.5 Å². The number of benzene rings is 2. The number of carbonyl (C=O) groups excluding carboxylic acids is 2. The first kappa shape index (κ1) is 27.6. The van der Waals surface area contributed by atoms with Crippen LogP contribution in [0, 0.1) is 17.2 Å². The molecule has 4 rings (SSSR count). The maximum Gasteiger partial charge on any atom is 0.416 e. The van der Waals surface area contributed by atoms with Crippen LogP contribution in [0.15, 0.2) is 53.4 Å². The van der Waals surface area contributed by atoms with E-state index >= 15 is 0 Å². The van der Waals surface area contributed by atoms with Gasteiger partial charge in [0.2, 0.25) is 15.9 Å². The number of hydrogen-bond donors (Lipinski definition) is 1. The first-order valence-corrected chi connectivity index (χ1v) is 13.7. The Hall–Kier alpha value is -3.43. The van der Waals surface area contributed by atoms with Crippen LogP contribution in [0.1, 0.15) is 53.7 Å². The van der Waals surface area contributed by atoms with Gasteiger partial charge in [0.25, 0.3) is 5.91 Å². The standard InChI is InChI=1S/C26H27F3N4O4S/c1-2-22(18-8-10-20(11-9-18)26(27,28)29)31-24(34)23-7-4-12-33(23)25(35)19-5-3-6-21(13-19)38(36,37)32-15-17(14-30)16-32/h3,5-6,8-11,13,17,22-23H,2,4,7,12,15-16H2,1H3,(H,31,34)/t22-,23+/m0/s1. The summed E-state index contributed by atoms with van der Waals surface area (Å²) in [5.41, 5.74) is -0.136. The lowest BCUT2D eigenvalue weighted by Gasteiger charge is -2.34. The Balaban J connectivity index is 1.47. The molecule has 0 aromatic heterocycles. The highest BCUT2D eigenvalue weighted by atomic mass is 32.2. The highest BCUT2D eigenvalue weighted by Gasteiger charge is 2.38. The third-order valence-corrected chi connectivity index (χ3v) is 8.76. The molecule has 2 fully saturated rings. The number of sulfonamides is 1. The summed E-state index contributed by atoms with van der Waals surface area (Å²) in [5, 5.41) is 11.8. The van der Waals surface area contributed by atoms with Crippen LogP contribution in [0.4, 0.5) is 13.2 Å². The molecule has 2 aliphatic heterocycles. The smallest absolute Gasteiger partial charge is 0.348 e. The second kappa shape index (κ2) is 10.7. The van der Waals surface area contributed by atoms with Crippen LogP contribution in [0.2, 0.25) is 0 Å². The van der Waals surface area contributed by atoms with Crippen molar-refractivity contribution >= 4 is 21.8 Å². The average Bonchev–Trinajstić information content (AvgIpc) is 3.36. The van der Waals surface area contributed by atoms with Gasteiger partial charge in [-0.1, -0.05) is 25.1 Å². The summed E-state index contributed by atoms with van der Waals surface area (Å²) in [5.74, 6) is -1.26. The molecule has 1 N–H and O–H groups in total. The van der Waals surface area contributed by atoms with Gasteiger partial charge in [0.05, 0.1) is 28.5 Å². The first-order chi connectivity index (χ1) is 18.0. The van der Waals surface area contributed by atoms with Crippen molar-refractivity contribution in [2.24, 2.45) is 5.92 Å². The molecule has 2 atom stereocenters. The zero-order valence-electron chi connectivity index (χ0n) is 20.6. The molecule has 0 spiro atoms. The van der Waals surface area contributed by atoms with Gasteiger partial charge < -0.3 is 10.2 Å². The first-order valence-electron chi connectivity index (χ1n) is 12.2. The number of likely N-dealkylation sites (tertiary alicyclic amines) is 1. The Morgan fingerprint density at radius 1 is 1.16 bits per heavy atom. The molecule has 202 valence electrons. The number of amides is 2. The van der Waals surface area contributed by atoms with Crippen LogP contribution >= 0.6 is 0 Å². The predicted molar refractivity (Wildman–Crippen MR) is 131 cm³/mol. The minimum Gasteiger partial charge on any atom is -0.348 e. The number of nitrogens with one attached hydrogen (secondary N) is 1. The van der Waals surface area contributed by atoms with E-state index in [1.807, 2.05) is 6.07 Å². The van der Waals surface area contributed by atoms with Crippen molar-refractivity contribution in [2.45, 2.75) is 49.3 Å². The van der Waals surface area contributed by atoms with E-state index in [4.69, 9.17) is 5.26 Å². The highest BCUT2D eigenvalue weighted by Crippen LogP contribution is 2.31. The van der Waals surface area contributed by atoms with Crippen LogP contribution in [0.25, 0.3) is 0 Å². The molecule has 8 nitrogen and oxygen atoms in total. The third-order valence-electron chi connectivity index (χ3n) is 6.93. The highest BCUT2D eigenvalue weighted by molar-refractivity contribution is 7.89. The predicted octanol–water partition coefficient (Wildman–Crippen LogP) is 3.72. The summed E-state index contributed by atoms with van der Waals surface area (Å²) in [6.07, 6.45) is -3.05. The quantitative estimate of drug-likeness (QED) is 0.567. The molecule has 2 aromatic carbocycles. The van der Waals surface area contributed by atoms with E-state index in [0.717, 1.165) is 12.1 Å². The number of nitriles is 1. The van der Waals surface area contributed by atoms with Crippen molar-refractivity contribution in [1.82, 2.24) is 14.5 Å². The largest absolute Gasteiger partial charge is 0.416 e. The van der Waals surface area contributed by atoms with Crippen LogP contribution in [0.3, 0.4) is 0 Å².